The second-order valence-electron chi connectivity index (χ2n) is 6.14. The number of rotatable bonds is 8. The molecule has 118 valence electrons. The number of carbonyl (C=O) groups is 1. The van der Waals surface area contributed by atoms with E-state index in [-0.39, 0.29) is 24.6 Å². The number of hydrogen-bond donors (Lipinski definition) is 3. The predicted octanol–water partition coefficient (Wildman–Crippen LogP) is 1.06. The third-order valence-electron chi connectivity index (χ3n) is 3.65. The number of hydrogen-bond acceptors (Lipinski definition) is 4. The van der Waals surface area contributed by atoms with Crippen LogP contribution in [0.4, 0.5) is 0 Å². The van der Waals surface area contributed by atoms with Crippen LogP contribution in [-0.2, 0) is 9.53 Å². The summed E-state index contributed by atoms with van der Waals surface area (Å²) in [6, 6.07) is 0.144. The van der Waals surface area contributed by atoms with Crippen LogP contribution in [-0.4, -0.2) is 49.0 Å². The highest BCUT2D eigenvalue weighted by Gasteiger charge is 2.22. The number of nitrogens with one attached hydrogen (secondary N) is 2. The summed E-state index contributed by atoms with van der Waals surface area (Å²) in [6.45, 7) is 7.01. The summed E-state index contributed by atoms with van der Waals surface area (Å²) in [7, 11) is 0. The van der Waals surface area contributed by atoms with Gasteiger partial charge in [-0.05, 0) is 32.6 Å². The number of aliphatic hydroxyl groups excluding tert-OH is 1. The third kappa shape index (κ3) is 7.22. The Labute approximate surface area is 122 Å². The highest BCUT2D eigenvalue weighted by atomic mass is 16.5. The number of amides is 1. The molecule has 0 aromatic rings. The van der Waals surface area contributed by atoms with Crippen LogP contribution in [0.2, 0.25) is 0 Å². The van der Waals surface area contributed by atoms with Crippen molar-refractivity contribution < 1.29 is 14.6 Å². The Morgan fingerprint density at radius 3 is 2.70 bits per heavy atom. The van der Waals surface area contributed by atoms with E-state index in [0.29, 0.717) is 19.1 Å². The lowest BCUT2D eigenvalue weighted by atomic mass is 9.88. The third-order valence-corrected chi connectivity index (χ3v) is 3.65. The molecule has 0 saturated heterocycles. The maximum atomic E-state index is 11.4. The predicted molar refractivity (Wildman–Crippen MR) is 79.5 cm³/mol. The highest BCUT2D eigenvalue weighted by Crippen LogP contribution is 2.26. The van der Waals surface area contributed by atoms with E-state index in [1.807, 2.05) is 13.8 Å². The van der Waals surface area contributed by atoms with Crippen molar-refractivity contribution in [1.82, 2.24) is 10.6 Å². The van der Waals surface area contributed by atoms with Crippen LogP contribution >= 0.6 is 0 Å². The van der Waals surface area contributed by atoms with Crippen LogP contribution in [0.5, 0.6) is 0 Å². The normalized spacial score (nSPS) is 24.6. The van der Waals surface area contributed by atoms with Crippen molar-refractivity contribution in [2.75, 3.05) is 19.7 Å². The second-order valence-corrected chi connectivity index (χ2v) is 6.14. The van der Waals surface area contributed by atoms with E-state index in [1.165, 1.54) is 19.3 Å². The van der Waals surface area contributed by atoms with Gasteiger partial charge in [0.05, 0.1) is 25.4 Å². The van der Waals surface area contributed by atoms with Gasteiger partial charge in [-0.1, -0.05) is 19.8 Å². The monoisotopic (exact) mass is 286 g/mol. The molecule has 0 bridgehead atoms. The van der Waals surface area contributed by atoms with Crippen LogP contribution in [0.3, 0.4) is 0 Å². The van der Waals surface area contributed by atoms with Crippen LogP contribution in [0.15, 0.2) is 0 Å². The van der Waals surface area contributed by atoms with Gasteiger partial charge in [-0.15, -0.1) is 0 Å². The molecule has 1 saturated carbocycles. The Morgan fingerprint density at radius 2 is 2.05 bits per heavy atom. The maximum absolute atomic E-state index is 11.4. The molecule has 20 heavy (non-hydrogen) atoms. The first-order valence-corrected chi connectivity index (χ1v) is 7.78. The minimum atomic E-state index is -0.559. The first kappa shape index (κ1) is 17.4. The lowest BCUT2D eigenvalue weighted by Gasteiger charge is -2.29. The molecular weight excluding hydrogens is 256 g/mol. The first-order valence-electron chi connectivity index (χ1n) is 7.78. The molecule has 1 fully saturated rings. The molecule has 1 amide bonds. The van der Waals surface area contributed by atoms with Gasteiger partial charge >= 0.3 is 0 Å². The molecular formula is C15H30N2O3. The van der Waals surface area contributed by atoms with E-state index in [9.17, 15) is 9.90 Å². The van der Waals surface area contributed by atoms with Crippen molar-refractivity contribution in [2.45, 2.75) is 64.7 Å². The minimum Gasteiger partial charge on any atom is -0.389 e. The Hall–Kier alpha value is -0.650. The summed E-state index contributed by atoms with van der Waals surface area (Å²) in [4.78, 5) is 11.4. The number of aliphatic hydroxyl groups is 1. The molecule has 0 aromatic heterocycles. The second kappa shape index (κ2) is 9.32. The zero-order valence-corrected chi connectivity index (χ0v) is 13.0. The lowest BCUT2D eigenvalue weighted by molar-refractivity contribution is -0.120. The zero-order valence-electron chi connectivity index (χ0n) is 13.0. The van der Waals surface area contributed by atoms with Gasteiger partial charge in [-0.2, -0.15) is 0 Å². The summed E-state index contributed by atoms with van der Waals surface area (Å²) in [5, 5.41) is 15.6. The van der Waals surface area contributed by atoms with Crippen molar-refractivity contribution in [3.05, 3.63) is 0 Å². The molecule has 0 heterocycles. The minimum absolute atomic E-state index is 0.0472. The summed E-state index contributed by atoms with van der Waals surface area (Å²) in [5.74, 6) is 0.537. The van der Waals surface area contributed by atoms with Gasteiger partial charge in [0, 0.05) is 12.6 Å². The Morgan fingerprint density at radius 1 is 1.35 bits per heavy atom. The first-order chi connectivity index (χ1) is 9.49. The fraction of sp³-hybridized carbons (Fsp3) is 0.933. The SMILES string of the molecule is CC(C)NC(=O)CNCC(O)COC1CCCCC1C. The highest BCUT2D eigenvalue weighted by molar-refractivity contribution is 5.78. The van der Waals surface area contributed by atoms with E-state index in [1.54, 1.807) is 0 Å². The van der Waals surface area contributed by atoms with Gasteiger partial charge in [0.25, 0.3) is 0 Å². The summed E-state index contributed by atoms with van der Waals surface area (Å²) in [6.07, 6.45) is 4.54. The molecule has 3 unspecified atom stereocenters. The molecule has 5 nitrogen and oxygen atoms in total. The Balaban J connectivity index is 2.08. The van der Waals surface area contributed by atoms with Crippen molar-refractivity contribution >= 4 is 5.91 Å². The van der Waals surface area contributed by atoms with Gasteiger partial charge < -0.3 is 20.5 Å². The molecule has 0 aromatic carbocycles. The van der Waals surface area contributed by atoms with Crippen LogP contribution in [0.1, 0.15) is 46.5 Å². The number of carbonyl (C=O) groups excluding carboxylic acids is 1. The van der Waals surface area contributed by atoms with Crippen LogP contribution in [0.25, 0.3) is 0 Å². The van der Waals surface area contributed by atoms with Gasteiger partial charge in [-0.25, -0.2) is 0 Å². The van der Waals surface area contributed by atoms with Crippen LogP contribution < -0.4 is 10.6 Å². The molecule has 1 rings (SSSR count). The zero-order chi connectivity index (χ0) is 15.0. The number of ether oxygens (including phenoxy) is 1. The van der Waals surface area contributed by atoms with Gasteiger partial charge in [0.1, 0.15) is 0 Å². The van der Waals surface area contributed by atoms with Crippen molar-refractivity contribution in [3.8, 4) is 0 Å². The molecule has 0 spiro atoms. The molecule has 0 aliphatic heterocycles. The maximum Gasteiger partial charge on any atom is 0.234 e. The fourth-order valence-electron chi connectivity index (χ4n) is 2.55. The van der Waals surface area contributed by atoms with Gasteiger partial charge in [0.2, 0.25) is 5.91 Å². The molecule has 3 N–H and O–H groups in total. The molecule has 3 atom stereocenters. The van der Waals surface area contributed by atoms with E-state index < -0.39 is 6.10 Å². The van der Waals surface area contributed by atoms with Crippen LogP contribution in [0, 0.1) is 5.92 Å². The summed E-state index contributed by atoms with van der Waals surface area (Å²) >= 11 is 0. The molecule has 1 aliphatic carbocycles. The summed E-state index contributed by atoms with van der Waals surface area (Å²) < 4.78 is 5.79. The van der Waals surface area contributed by atoms with Crippen molar-refractivity contribution in [1.29, 1.82) is 0 Å². The van der Waals surface area contributed by atoms with Gasteiger partial charge in [0.15, 0.2) is 0 Å². The molecule has 1 aliphatic rings. The van der Waals surface area contributed by atoms with E-state index in [2.05, 4.69) is 17.6 Å². The van der Waals surface area contributed by atoms with Crippen molar-refractivity contribution in [3.63, 3.8) is 0 Å². The molecule has 0 radical (unpaired) electrons. The average molecular weight is 286 g/mol. The fourth-order valence-corrected chi connectivity index (χ4v) is 2.55. The standard InChI is InChI=1S/C15H30N2O3/c1-11(2)17-15(19)9-16-8-13(18)10-20-14-7-5-4-6-12(14)3/h11-14,16,18H,4-10H2,1-3H3,(H,17,19). The van der Waals surface area contributed by atoms with E-state index >= 15 is 0 Å². The Kier molecular flexibility index (Phi) is 8.11. The molecule has 5 heteroatoms. The van der Waals surface area contributed by atoms with Crippen molar-refractivity contribution in [2.24, 2.45) is 5.92 Å². The average Bonchev–Trinajstić information content (AvgIpc) is 2.37. The quantitative estimate of drug-likeness (QED) is 0.624. The van der Waals surface area contributed by atoms with E-state index in [0.717, 1.165) is 6.42 Å². The largest absolute Gasteiger partial charge is 0.389 e. The van der Waals surface area contributed by atoms with E-state index in [4.69, 9.17) is 4.74 Å². The smallest absolute Gasteiger partial charge is 0.234 e. The topological polar surface area (TPSA) is 70.6 Å². The lowest BCUT2D eigenvalue weighted by Crippen LogP contribution is -2.41. The van der Waals surface area contributed by atoms with Gasteiger partial charge in [-0.3, -0.25) is 4.79 Å². The summed E-state index contributed by atoms with van der Waals surface area (Å²) in [5.41, 5.74) is 0. The Bertz CT molecular complexity index is 284.